The van der Waals surface area contributed by atoms with E-state index in [1.54, 1.807) is 0 Å². The number of rotatable bonds is 0. The van der Waals surface area contributed by atoms with Gasteiger partial charge in [0.1, 0.15) is 0 Å². The first-order valence-electron chi connectivity index (χ1n) is 3.35. The van der Waals surface area contributed by atoms with Crippen molar-refractivity contribution in [3.8, 4) is 0 Å². The van der Waals surface area contributed by atoms with E-state index in [1.165, 1.54) is 5.46 Å². The maximum absolute atomic E-state index is 4.31. The minimum absolute atomic E-state index is 1.10. The number of hydrogen-bond donors (Lipinski definition) is 0. The van der Waals surface area contributed by atoms with Crippen LogP contribution in [0.5, 0.6) is 0 Å². The predicted molar refractivity (Wildman–Crippen MR) is 44.6 cm³/mol. The lowest BCUT2D eigenvalue weighted by Crippen LogP contribution is -2.14. The summed E-state index contributed by atoms with van der Waals surface area (Å²) < 4.78 is 0. The number of nitrogens with zero attached hydrogens (tertiary/aromatic N) is 1. The predicted octanol–water partition coefficient (Wildman–Crippen LogP) is 1.08. The molecule has 47 valence electrons. The van der Waals surface area contributed by atoms with Crippen LogP contribution in [0.4, 0.5) is 5.69 Å². The van der Waals surface area contributed by atoms with E-state index in [1.807, 2.05) is 25.1 Å². The third-order valence-corrected chi connectivity index (χ3v) is 1.60. The van der Waals surface area contributed by atoms with Crippen LogP contribution in [0.3, 0.4) is 0 Å². The first-order chi connectivity index (χ1) is 4.86. The number of fused-ring (bicyclic) bond motifs is 1. The molecule has 1 aliphatic heterocycles. The Kier molecular flexibility index (Phi) is 1.13. The Morgan fingerprint density at radius 3 is 2.90 bits per heavy atom. The summed E-state index contributed by atoms with van der Waals surface area (Å²) in [6.07, 6.45) is 0. The summed E-state index contributed by atoms with van der Waals surface area (Å²) in [6.45, 7) is 2.01. The number of hydrogen-bond acceptors (Lipinski definition) is 1. The molecule has 1 aromatic carbocycles. The zero-order valence-corrected chi connectivity index (χ0v) is 5.83. The molecule has 0 bridgehead atoms. The van der Waals surface area contributed by atoms with E-state index in [4.69, 9.17) is 0 Å². The summed E-state index contributed by atoms with van der Waals surface area (Å²) in [7, 11) is 2.09. The van der Waals surface area contributed by atoms with Crippen molar-refractivity contribution in [2.75, 3.05) is 0 Å². The van der Waals surface area contributed by atoms with Crippen LogP contribution in [-0.4, -0.2) is 12.9 Å². The van der Waals surface area contributed by atoms with Gasteiger partial charge >= 0.3 is 0 Å². The van der Waals surface area contributed by atoms with E-state index < -0.39 is 0 Å². The van der Waals surface area contributed by atoms with Crippen molar-refractivity contribution in [3.63, 3.8) is 0 Å². The molecule has 10 heavy (non-hydrogen) atoms. The molecule has 0 unspecified atom stereocenters. The Morgan fingerprint density at radius 1 is 1.30 bits per heavy atom. The molecule has 0 saturated carbocycles. The molecule has 1 nitrogen and oxygen atoms in total. The van der Waals surface area contributed by atoms with E-state index >= 15 is 0 Å². The summed E-state index contributed by atoms with van der Waals surface area (Å²) in [5.74, 6) is 0. The second-order valence-corrected chi connectivity index (χ2v) is 2.46. The summed E-state index contributed by atoms with van der Waals surface area (Å²) in [6, 6.07) is 8.15. The molecule has 0 aromatic heterocycles. The Bertz CT molecular complexity index is 291. The lowest BCUT2D eigenvalue weighted by molar-refractivity contribution is 1.57. The standard InChI is InChI=1S/C8H7BN/c1-6-9-7-4-2-3-5-8(7)10-6/h2-5H,1H3. The van der Waals surface area contributed by atoms with Gasteiger partial charge in [-0.15, -0.1) is 0 Å². The van der Waals surface area contributed by atoms with Gasteiger partial charge < -0.3 is 0 Å². The van der Waals surface area contributed by atoms with Crippen molar-refractivity contribution in [2.45, 2.75) is 6.92 Å². The van der Waals surface area contributed by atoms with E-state index in [9.17, 15) is 0 Å². The number of para-hydroxylation sites is 1. The number of benzene rings is 1. The highest BCUT2D eigenvalue weighted by Gasteiger charge is 2.10. The zero-order valence-electron chi connectivity index (χ0n) is 5.83. The highest BCUT2D eigenvalue weighted by atomic mass is 14.7. The average molecular weight is 128 g/mol. The van der Waals surface area contributed by atoms with E-state index in [-0.39, 0.29) is 0 Å². The van der Waals surface area contributed by atoms with Gasteiger partial charge in [-0.3, -0.25) is 4.99 Å². The Hall–Kier alpha value is -1.05. The van der Waals surface area contributed by atoms with Crippen LogP contribution in [-0.2, 0) is 0 Å². The Balaban J connectivity index is 2.54. The van der Waals surface area contributed by atoms with E-state index in [2.05, 4.69) is 18.3 Å². The normalized spacial score (nSPS) is 13.9. The van der Waals surface area contributed by atoms with Crippen molar-refractivity contribution in [3.05, 3.63) is 24.3 Å². The van der Waals surface area contributed by atoms with Crippen LogP contribution in [0.2, 0.25) is 0 Å². The molecular formula is C8H7BN. The second-order valence-electron chi connectivity index (χ2n) is 2.46. The maximum Gasteiger partial charge on any atom is 0.213 e. The van der Waals surface area contributed by atoms with Gasteiger partial charge in [0.05, 0.1) is 5.69 Å². The second kappa shape index (κ2) is 1.98. The van der Waals surface area contributed by atoms with Crippen LogP contribution in [0, 0.1) is 0 Å². The molecule has 0 spiro atoms. The molecule has 0 saturated heterocycles. The smallest absolute Gasteiger partial charge is 0.213 e. The molecule has 0 amide bonds. The third-order valence-electron chi connectivity index (χ3n) is 1.60. The Labute approximate surface area is 61.0 Å². The summed E-state index contributed by atoms with van der Waals surface area (Å²) in [5, 5.41) is 0. The third kappa shape index (κ3) is 0.765. The van der Waals surface area contributed by atoms with Gasteiger partial charge in [0.15, 0.2) is 0 Å². The van der Waals surface area contributed by atoms with Gasteiger partial charge in [0, 0.05) is 0 Å². The number of aliphatic imine (C=N–C) groups is 1. The molecular weight excluding hydrogens is 121 g/mol. The van der Waals surface area contributed by atoms with Crippen molar-refractivity contribution in [1.82, 2.24) is 0 Å². The monoisotopic (exact) mass is 128 g/mol. The fourth-order valence-electron chi connectivity index (χ4n) is 1.16. The summed E-state index contributed by atoms with van der Waals surface area (Å²) in [4.78, 5) is 4.31. The first-order valence-corrected chi connectivity index (χ1v) is 3.35. The minimum Gasteiger partial charge on any atom is -0.269 e. The van der Waals surface area contributed by atoms with Crippen molar-refractivity contribution in [1.29, 1.82) is 0 Å². The van der Waals surface area contributed by atoms with Crippen LogP contribution in [0.25, 0.3) is 0 Å². The first kappa shape index (κ1) is 5.72. The lowest BCUT2D eigenvalue weighted by Gasteiger charge is -1.91. The van der Waals surface area contributed by atoms with Gasteiger partial charge in [0.25, 0.3) is 0 Å². The fourth-order valence-corrected chi connectivity index (χ4v) is 1.16. The van der Waals surface area contributed by atoms with E-state index in [0.29, 0.717) is 0 Å². The van der Waals surface area contributed by atoms with Gasteiger partial charge in [-0.2, -0.15) is 0 Å². The van der Waals surface area contributed by atoms with Crippen molar-refractivity contribution in [2.24, 2.45) is 4.99 Å². The van der Waals surface area contributed by atoms with Gasteiger partial charge in [-0.25, -0.2) is 0 Å². The van der Waals surface area contributed by atoms with Gasteiger partial charge in [-0.05, 0) is 18.6 Å². The molecule has 0 atom stereocenters. The molecule has 0 aliphatic carbocycles. The molecule has 2 heteroatoms. The molecule has 1 aromatic rings. The molecule has 1 radical (unpaired) electrons. The largest absolute Gasteiger partial charge is 0.269 e. The fraction of sp³-hybridized carbons (Fsp3) is 0.125. The zero-order chi connectivity index (χ0) is 6.97. The van der Waals surface area contributed by atoms with Crippen LogP contribution in [0.15, 0.2) is 29.3 Å². The molecule has 2 rings (SSSR count). The van der Waals surface area contributed by atoms with Crippen molar-refractivity contribution >= 4 is 24.0 Å². The van der Waals surface area contributed by atoms with E-state index in [0.717, 1.165) is 11.3 Å². The lowest BCUT2D eigenvalue weighted by atomic mass is 9.68. The summed E-state index contributed by atoms with van der Waals surface area (Å²) in [5.41, 5.74) is 3.43. The van der Waals surface area contributed by atoms with Crippen molar-refractivity contribution < 1.29 is 0 Å². The summed E-state index contributed by atoms with van der Waals surface area (Å²) >= 11 is 0. The molecule has 1 heterocycles. The van der Waals surface area contributed by atoms with Gasteiger partial charge in [0.2, 0.25) is 7.28 Å². The highest BCUT2D eigenvalue weighted by molar-refractivity contribution is 6.87. The quantitative estimate of drug-likeness (QED) is 0.463. The molecule has 1 aliphatic rings. The molecule has 0 N–H and O–H groups in total. The highest BCUT2D eigenvalue weighted by Crippen LogP contribution is 2.12. The topological polar surface area (TPSA) is 12.4 Å². The minimum atomic E-state index is 1.10. The maximum atomic E-state index is 4.31. The van der Waals surface area contributed by atoms with Crippen LogP contribution >= 0.6 is 0 Å². The average Bonchev–Trinajstić information content (AvgIpc) is 2.27. The SMILES string of the molecule is CC1=Nc2ccccc2[B]1. The Morgan fingerprint density at radius 2 is 2.10 bits per heavy atom. The molecule has 0 fully saturated rings. The van der Waals surface area contributed by atoms with Crippen LogP contribution in [0.1, 0.15) is 6.92 Å². The van der Waals surface area contributed by atoms with Gasteiger partial charge in [-0.1, -0.05) is 23.7 Å². The van der Waals surface area contributed by atoms with Crippen LogP contribution < -0.4 is 5.46 Å².